The first-order valence-electron chi connectivity index (χ1n) is 8.18. The molecule has 0 fully saturated rings. The molecule has 2 aromatic rings. The molecule has 0 radical (unpaired) electrons. The van der Waals surface area contributed by atoms with Crippen LogP contribution >= 0.6 is 11.6 Å². The van der Waals surface area contributed by atoms with Crippen LogP contribution < -0.4 is 15.8 Å². The summed E-state index contributed by atoms with van der Waals surface area (Å²) in [5.41, 5.74) is 2.04. The normalized spacial score (nSPS) is 11.3. The fourth-order valence-electron chi connectivity index (χ4n) is 2.38. The minimum absolute atomic E-state index is 0.0780. The van der Waals surface area contributed by atoms with Crippen LogP contribution in [0.25, 0.3) is 0 Å². The Morgan fingerprint density at radius 3 is 2.35 bits per heavy atom. The third-order valence-electron chi connectivity index (χ3n) is 3.75. The zero-order valence-corrected chi connectivity index (χ0v) is 15.8. The molecule has 0 saturated carbocycles. The van der Waals surface area contributed by atoms with Gasteiger partial charge in [0.2, 0.25) is 15.9 Å². The van der Waals surface area contributed by atoms with Gasteiger partial charge in [0.1, 0.15) is 0 Å². The van der Waals surface area contributed by atoms with Crippen LogP contribution in [0.5, 0.6) is 0 Å². The number of carbonyl (C=O) groups is 1. The molecule has 2 aromatic carbocycles. The Kier molecular flexibility index (Phi) is 7.59. The summed E-state index contributed by atoms with van der Waals surface area (Å²) in [7, 11) is -3.67. The van der Waals surface area contributed by atoms with Crippen molar-refractivity contribution in [1.82, 2.24) is 10.6 Å². The van der Waals surface area contributed by atoms with E-state index in [1.807, 2.05) is 24.3 Å². The molecule has 0 aliphatic carbocycles. The van der Waals surface area contributed by atoms with Gasteiger partial charge in [-0.3, -0.25) is 4.79 Å². The molecule has 26 heavy (non-hydrogen) atoms. The van der Waals surface area contributed by atoms with E-state index in [4.69, 9.17) is 16.7 Å². The molecule has 1 amide bonds. The molecule has 0 saturated heterocycles. The molecule has 0 bridgehead atoms. The van der Waals surface area contributed by atoms with Crippen LogP contribution in [0.2, 0.25) is 5.02 Å². The van der Waals surface area contributed by atoms with Crippen LogP contribution in [-0.2, 0) is 27.7 Å². The maximum atomic E-state index is 11.8. The van der Waals surface area contributed by atoms with Crippen molar-refractivity contribution in [2.75, 3.05) is 19.6 Å². The van der Waals surface area contributed by atoms with E-state index in [0.717, 1.165) is 17.5 Å². The van der Waals surface area contributed by atoms with Crippen molar-refractivity contribution in [3.05, 3.63) is 64.7 Å². The maximum Gasteiger partial charge on any atom is 0.238 e. The van der Waals surface area contributed by atoms with Crippen LogP contribution in [0, 0.1) is 0 Å². The van der Waals surface area contributed by atoms with Crippen molar-refractivity contribution >= 4 is 27.5 Å². The summed E-state index contributed by atoms with van der Waals surface area (Å²) in [5, 5.41) is 11.7. The Morgan fingerprint density at radius 2 is 1.69 bits per heavy atom. The van der Waals surface area contributed by atoms with Crippen LogP contribution in [0.1, 0.15) is 11.1 Å². The number of halogens is 1. The standard InChI is InChI=1S/C18H22ClN3O3S/c19-16-3-1-2-15(12-16)8-10-21-13-18(23)22-11-9-14-4-6-17(7-5-14)26(20,24)25/h1-7,12,21H,8-11,13H2,(H,22,23)(H2,20,24,25). The summed E-state index contributed by atoms with van der Waals surface area (Å²) in [6.07, 6.45) is 1.41. The van der Waals surface area contributed by atoms with E-state index < -0.39 is 10.0 Å². The van der Waals surface area contributed by atoms with E-state index in [9.17, 15) is 13.2 Å². The molecule has 2 rings (SSSR count). The van der Waals surface area contributed by atoms with Crippen LogP contribution in [0.15, 0.2) is 53.4 Å². The molecule has 0 aliphatic rings. The highest BCUT2D eigenvalue weighted by molar-refractivity contribution is 7.89. The van der Waals surface area contributed by atoms with Crippen molar-refractivity contribution < 1.29 is 13.2 Å². The summed E-state index contributed by atoms with van der Waals surface area (Å²) >= 11 is 5.93. The molecule has 0 aliphatic heterocycles. The van der Waals surface area contributed by atoms with Gasteiger partial charge in [0, 0.05) is 11.6 Å². The van der Waals surface area contributed by atoms with Gasteiger partial charge in [-0.2, -0.15) is 0 Å². The van der Waals surface area contributed by atoms with Gasteiger partial charge in [0.15, 0.2) is 0 Å². The van der Waals surface area contributed by atoms with Crippen molar-refractivity contribution in [2.24, 2.45) is 5.14 Å². The van der Waals surface area contributed by atoms with E-state index in [2.05, 4.69) is 10.6 Å². The van der Waals surface area contributed by atoms with E-state index in [1.54, 1.807) is 12.1 Å². The summed E-state index contributed by atoms with van der Waals surface area (Å²) in [4.78, 5) is 11.9. The number of hydrogen-bond donors (Lipinski definition) is 3. The van der Waals surface area contributed by atoms with Crippen LogP contribution in [0.4, 0.5) is 0 Å². The van der Waals surface area contributed by atoms with Crippen molar-refractivity contribution in [3.63, 3.8) is 0 Å². The highest BCUT2D eigenvalue weighted by atomic mass is 35.5. The second-order valence-corrected chi connectivity index (χ2v) is 7.84. The van der Waals surface area contributed by atoms with E-state index in [-0.39, 0.29) is 17.3 Å². The molecular weight excluding hydrogens is 374 g/mol. The number of rotatable bonds is 9. The Balaban J connectivity index is 1.63. The number of hydrogen-bond acceptors (Lipinski definition) is 4. The lowest BCUT2D eigenvalue weighted by atomic mass is 10.1. The van der Waals surface area contributed by atoms with Crippen molar-refractivity contribution in [2.45, 2.75) is 17.7 Å². The molecule has 0 spiro atoms. The first-order valence-corrected chi connectivity index (χ1v) is 10.1. The second kappa shape index (κ2) is 9.68. The average Bonchev–Trinajstić information content (AvgIpc) is 2.58. The Bertz CT molecular complexity index is 839. The largest absolute Gasteiger partial charge is 0.355 e. The number of nitrogens with two attached hydrogens (primary N) is 1. The quantitative estimate of drug-likeness (QED) is 0.559. The number of primary sulfonamides is 1. The Morgan fingerprint density at radius 1 is 1.00 bits per heavy atom. The van der Waals surface area contributed by atoms with Crippen molar-refractivity contribution in [1.29, 1.82) is 0 Å². The third kappa shape index (κ3) is 7.13. The van der Waals surface area contributed by atoms with Gasteiger partial charge in [-0.15, -0.1) is 0 Å². The molecule has 6 nitrogen and oxygen atoms in total. The first kappa shape index (κ1) is 20.4. The molecule has 0 atom stereocenters. The molecular formula is C18H22ClN3O3S. The Hall–Kier alpha value is -1.93. The molecule has 0 aromatic heterocycles. The summed E-state index contributed by atoms with van der Waals surface area (Å²) in [6, 6.07) is 13.9. The first-order chi connectivity index (χ1) is 12.3. The fourth-order valence-corrected chi connectivity index (χ4v) is 3.11. The third-order valence-corrected chi connectivity index (χ3v) is 4.92. The minimum Gasteiger partial charge on any atom is -0.355 e. The fraction of sp³-hybridized carbons (Fsp3) is 0.278. The monoisotopic (exact) mass is 395 g/mol. The number of benzene rings is 2. The van der Waals surface area contributed by atoms with Gasteiger partial charge >= 0.3 is 0 Å². The second-order valence-electron chi connectivity index (χ2n) is 5.85. The van der Waals surface area contributed by atoms with Crippen LogP contribution in [0.3, 0.4) is 0 Å². The smallest absolute Gasteiger partial charge is 0.238 e. The molecule has 0 heterocycles. The lowest BCUT2D eigenvalue weighted by Gasteiger charge is -2.08. The molecule has 4 N–H and O–H groups in total. The van der Waals surface area contributed by atoms with E-state index >= 15 is 0 Å². The van der Waals surface area contributed by atoms with E-state index in [0.29, 0.717) is 24.5 Å². The Labute approximate surface area is 158 Å². The van der Waals surface area contributed by atoms with Gasteiger partial charge in [0.25, 0.3) is 0 Å². The average molecular weight is 396 g/mol. The minimum atomic E-state index is -3.67. The number of nitrogens with one attached hydrogen (secondary N) is 2. The highest BCUT2D eigenvalue weighted by Crippen LogP contribution is 2.10. The number of sulfonamides is 1. The van der Waals surface area contributed by atoms with Gasteiger partial charge in [-0.1, -0.05) is 35.9 Å². The van der Waals surface area contributed by atoms with E-state index in [1.165, 1.54) is 12.1 Å². The predicted molar refractivity (Wildman–Crippen MR) is 103 cm³/mol. The number of carbonyl (C=O) groups excluding carboxylic acids is 1. The van der Waals surface area contributed by atoms with Gasteiger partial charge in [-0.25, -0.2) is 13.6 Å². The van der Waals surface area contributed by atoms with Gasteiger partial charge < -0.3 is 10.6 Å². The maximum absolute atomic E-state index is 11.8. The topological polar surface area (TPSA) is 101 Å². The summed E-state index contributed by atoms with van der Waals surface area (Å²) in [5.74, 6) is -0.0859. The zero-order valence-electron chi connectivity index (χ0n) is 14.2. The van der Waals surface area contributed by atoms with Gasteiger partial charge in [-0.05, 0) is 54.8 Å². The SMILES string of the molecule is NS(=O)(=O)c1ccc(CCNC(=O)CNCCc2cccc(Cl)c2)cc1. The lowest BCUT2D eigenvalue weighted by Crippen LogP contribution is -2.35. The zero-order chi connectivity index (χ0) is 19.0. The predicted octanol–water partition coefficient (Wildman–Crippen LogP) is 1.48. The number of amides is 1. The highest BCUT2D eigenvalue weighted by Gasteiger charge is 2.07. The van der Waals surface area contributed by atoms with Crippen LogP contribution in [-0.4, -0.2) is 34.0 Å². The lowest BCUT2D eigenvalue weighted by molar-refractivity contribution is -0.120. The summed E-state index contributed by atoms with van der Waals surface area (Å²) in [6.45, 7) is 1.40. The summed E-state index contributed by atoms with van der Waals surface area (Å²) < 4.78 is 22.4. The van der Waals surface area contributed by atoms with Gasteiger partial charge in [0.05, 0.1) is 11.4 Å². The molecule has 8 heteroatoms. The van der Waals surface area contributed by atoms with Crippen molar-refractivity contribution in [3.8, 4) is 0 Å². The molecule has 0 unspecified atom stereocenters. The molecule has 140 valence electrons.